The average molecular weight is 401 g/mol. The number of rotatable bonds is 4. The molecule has 2 N–H and O–H groups in total. The summed E-state index contributed by atoms with van der Waals surface area (Å²) in [7, 11) is 3.28. The number of aromatic carboxylic acids is 1. The monoisotopic (exact) mass is 401 g/mol. The van der Waals surface area contributed by atoms with Crippen molar-refractivity contribution in [2.24, 2.45) is 5.92 Å². The number of carbonyl (C=O) groups is 1. The number of nitrogens with one attached hydrogen (secondary N) is 1. The molecule has 0 bridgehead atoms. The van der Waals surface area contributed by atoms with Gasteiger partial charge in [0.05, 0.1) is 25.8 Å². The van der Waals surface area contributed by atoms with E-state index in [4.69, 9.17) is 9.47 Å². The van der Waals surface area contributed by atoms with Crippen LogP contribution < -0.4 is 14.8 Å². The second kappa shape index (κ2) is 7.10. The van der Waals surface area contributed by atoms with Crippen molar-refractivity contribution in [3.05, 3.63) is 88.5 Å². The van der Waals surface area contributed by atoms with E-state index in [2.05, 4.69) is 35.6 Å². The van der Waals surface area contributed by atoms with Crippen LogP contribution in [0.4, 0.5) is 5.69 Å². The van der Waals surface area contributed by atoms with E-state index in [1.807, 2.05) is 24.3 Å². The maximum atomic E-state index is 11.6. The normalized spacial score (nSPS) is 21.1. The van der Waals surface area contributed by atoms with E-state index >= 15 is 0 Å². The summed E-state index contributed by atoms with van der Waals surface area (Å²) in [5.41, 5.74) is 6.11. The van der Waals surface area contributed by atoms with E-state index in [0.29, 0.717) is 17.1 Å². The molecule has 3 atom stereocenters. The predicted octanol–water partition coefficient (Wildman–Crippen LogP) is 4.87. The fraction of sp³-hybridized carbons (Fsp3) is 0.240. The Hall–Kier alpha value is -3.47. The number of anilines is 1. The van der Waals surface area contributed by atoms with Crippen LogP contribution in [0.15, 0.2) is 60.7 Å². The SMILES string of the molecule is COc1ccc([C@@H]2Nc3ccc(C(=O)O)cc3[C@@H]3c4ccccc4C[C@@H]32)cc1OC. The predicted molar refractivity (Wildman–Crippen MR) is 115 cm³/mol. The summed E-state index contributed by atoms with van der Waals surface area (Å²) in [5.74, 6) is 0.931. The minimum atomic E-state index is -0.900. The molecule has 0 fully saturated rings. The first-order valence-corrected chi connectivity index (χ1v) is 10.0. The van der Waals surface area contributed by atoms with Gasteiger partial charge >= 0.3 is 5.97 Å². The molecule has 5 rings (SSSR count). The van der Waals surface area contributed by atoms with Crippen molar-refractivity contribution < 1.29 is 19.4 Å². The number of hydrogen-bond acceptors (Lipinski definition) is 4. The largest absolute Gasteiger partial charge is 0.493 e. The molecule has 3 aromatic rings. The molecule has 152 valence electrons. The summed E-state index contributed by atoms with van der Waals surface area (Å²) < 4.78 is 10.9. The van der Waals surface area contributed by atoms with Gasteiger partial charge in [0.2, 0.25) is 0 Å². The molecule has 0 spiro atoms. The van der Waals surface area contributed by atoms with Gasteiger partial charge in [-0.1, -0.05) is 30.3 Å². The quantitative estimate of drug-likeness (QED) is 0.653. The molecule has 3 aromatic carbocycles. The van der Waals surface area contributed by atoms with Crippen molar-refractivity contribution in [2.45, 2.75) is 18.4 Å². The van der Waals surface area contributed by atoms with Gasteiger partial charge in [-0.25, -0.2) is 4.79 Å². The van der Waals surface area contributed by atoms with Gasteiger partial charge < -0.3 is 19.9 Å². The first-order chi connectivity index (χ1) is 14.6. The topological polar surface area (TPSA) is 67.8 Å². The molecule has 5 heteroatoms. The highest BCUT2D eigenvalue weighted by molar-refractivity contribution is 5.89. The summed E-state index contributed by atoms with van der Waals surface area (Å²) >= 11 is 0. The number of carboxylic acid groups (broad SMARTS) is 1. The van der Waals surface area contributed by atoms with Gasteiger partial charge in [0.1, 0.15) is 0 Å². The zero-order chi connectivity index (χ0) is 20.8. The van der Waals surface area contributed by atoms with Crippen molar-refractivity contribution in [3.63, 3.8) is 0 Å². The minimum absolute atomic E-state index is 0.0744. The maximum Gasteiger partial charge on any atom is 0.335 e. The van der Waals surface area contributed by atoms with E-state index < -0.39 is 5.97 Å². The van der Waals surface area contributed by atoms with Gasteiger partial charge in [0, 0.05) is 11.6 Å². The molecule has 0 unspecified atom stereocenters. The third-order valence-corrected chi connectivity index (χ3v) is 6.41. The Bertz CT molecular complexity index is 1140. The minimum Gasteiger partial charge on any atom is -0.493 e. The van der Waals surface area contributed by atoms with E-state index in [0.717, 1.165) is 23.2 Å². The van der Waals surface area contributed by atoms with Gasteiger partial charge in [0.15, 0.2) is 11.5 Å². The Morgan fingerprint density at radius 3 is 2.53 bits per heavy atom. The number of hydrogen-bond donors (Lipinski definition) is 2. The first-order valence-electron chi connectivity index (χ1n) is 10.0. The van der Waals surface area contributed by atoms with Crippen LogP contribution in [0.5, 0.6) is 11.5 Å². The zero-order valence-corrected chi connectivity index (χ0v) is 16.9. The molecule has 1 heterocycles. The molecule has 1 aliphatic heterocycles. The van der Waals surface area contributed by atoms with Crippen molar-refractivity contribution >= 4 is 11.7 Å². The molecule has 30 heavy (non-hydrogen) atoms. The Kier molecular flexibility index (Phi) is 4.39. The van der Waals surface area contributed by atoms with E-state index in [1.165, 1.54) is 11.1 Å². The van der Waals surface area contributed by atoms with Crippen molar-refractivity contribution in [1.29, 1.82) is 0 Å². The Balaban J connectivity index is 1.65. The van der Waals surface area contributed by atoms with Crippen molar-refractivity contribution in [2.75, 3.05) is 19.5 Å². The molecule has 2 aliphatic rings. The molecule has 0 saturated carbocycles. The molecule has 1 aliphatic carbocycles. The number of methoxy groups -OCH3 is 2. The van der Waals surface area contributed by atoms with Crippen LogP contribution in [0.3, 0.4) is 0 Å². The second-order valence-corrected chi connectivity index (χ2v) is 7.89. The number of ether oxygens (including phenoxy) is 2. The smallest absolute Gasteiger partial charge is 0.335 e. The maximum absolute atomic E-state index is 11.6. The lowest BCUT2D eigenvalue weighted by Gasteiger charge is -2.38. The Morgan fingerprint density at radius 2 is 1.77 bits per heavy atom. The summed E-state index contributed by atoms with van der Waals surface area (Å²) in [5, 5.41) is 13.2. The van der Waals surface area contributed by atoms with Crippen LogP contribution in [-0.4, -0.2) is 25.3 Å². The number of benzene rings is 3. The lowest BCUT2D eigenvalue weighted by molar-refractivity contribution is 0.0696. The summed E-state index contributed by atoms with van der Waals surface area (Å²) in [6, 6.07) is 20.0. The van der Waals surface area contributed by atoms with Crippen molar-refractivity contribution in [1.82, 2.24) is 0 Å². The highest BCUT2D eigenvalue weighted by Gasteiger charge is 2.43. The number of carboxylic acids is 1. The molecular weight excluding hydrogens is 378 g/mol. The highest BCUT2D eigenvalue weighted by Crippen LogP contribution is 2.54. The first kappa shape index (κ1) is 18.6. The Morgan fingerprint density at radius 1 is 0.967 bits per heavy atom. The van der Waals surface area contributed by atoms with Gasteiger partial charge in [0.25, 0.3) is 0 Å². The fourth-order valence-corrected chi connectivity index (χ4v) is 5.07. The highest BCUT2D eigenvalue weighted by atomic mass is 16.5. The van der Waals surface area contributed by atoms with E-state index in [-0.39, 0.29) is 17.9 Å². The van der Waals surface area contributed by atoms with Crippen LogP contribution >= 0.6 is 0 Å². The summed E-state index contributed by atoms with van der Waals surface area (Å²) in [6.45, 7) is 0. The lowest BCUT2D eigenvalue weighted by atomic mass is 9.75. The Labute approximate surface area is 175 Å². The lowest BCUT2D eigenvalue weighted by Crippen LogP contribution is -2.30. The zero-order valence-electron chi connectivity index (χ0n) is 16.9. The van der Waals surface area contributed by atoms with Crippen LogP contribution in [0.2, 0.25) is 0 Å². The van der Waals surface area contributed by atoms with Gasteiger partial charge in [-0.05, 0) is 64.9 Å². The molecular formula is C25H23NO4. The van der Waals surface area contributed by atoms with Gasteiger partial charge in [-0.15, -0.1) is 0 Å². The number of fused-ring (bicyclic) bond motifs is 5. The third-order valence-electron chi connectivity index (χ3n) is 6.41. The standard InChI is InChI=1S/C25H23NO4/c1-29-21-10-8-15(13-22(21)30-2)24-19-11-14-5-3-4-6-17(14)23(19)18-12-16(25(27)28)7-9-20(18)26-24/h3-10,12-13,19,23-24,26H,11H2,1-2H3,(H,27,28)/t19-,23-,24-/m0/s1. The van der Waals surface area contributed by atoms with Crippen LogP contribution in [0.25, 0.3) is 0 Å². The van der Waals surface area contributed by atoms with E-state index in [1.54, 1.807) is 20.3 Å². The molecule has 0 amide bonds. The molecule has 0 aromatic heterocycles. The molecule has 5 nitrogen and oxygen atoms in total. The van der Waals surface area contributed by atoms with Crippen molar-refractivity contribution in [3.8, 4) is 11.5 Å². The fourth-order valence-electron chi connectivity index (χ4n) is 5.07. The molecule has 0 saturated heterocycles. The summed E-state index contributed by atoms with van der Waals surface area (Å²) in [4.78, 5) is 11.6. The van der Waals surface area contributed by atoms with Gasteiger partial charge in [-0.3, -0.25) is 0 Å². The van der Waals surface area contributed by atoms with Gasteiger partial charge in [-0.2, -0.15) is 0 Å². The molecule has 0 radical (unpaired) electrons. The van der Waals surface area contributed by atoms with E-state index in [9.17, 15) is 9.90 Å². The van der Waals surface area contributed by atoms with Crippen LogP contribution in [-0.2, 0) is 6.42 Å². The second-order valence-electron chi connectivity index (χ2n) is 7.89. The average Bonchev–Trinajstić information content (AvgIpc) is 3.17. The summed E-state index contributed by atoms with van der Waals surface area (Å²) in [6.07, 6.45) is 0.934. The van der Waals surface area contributed by atoms with Crippen LogP contribution in [0, 0.1) is 5.92 Å². The van der Waals surface area contributed by atoms with Crippen LogP contribution in [0.1, 0.15) is 44.6 Å². The third kappa shape index (κ3) is 2.81.